The van der Waals surface area contributed by atoms with Gasteiger partial charge in [0.1, 0.15) is 0 Å². The lowest BCUT2D eigenvalue weighted by molar-refractivity contribution is 0.100. The highest BCUT2D eigenvalue weighted by Crippen LogP contribution is 2.41. The third kappa shape index (κ3) is 4.28. The minimum absolute atomic E-state index is 0.0417. The Labute approximate surface area is 184 Å². The first-order chi connectivity index (χ1) is 14.9. The fraction of sp³-hybridized carbons (Fsp3) is 0.360. The number of anilines is 1. The molecule has 1 aliphatic rings. The lowest BCUT2D eigenvalue weighted by Crippen LogP contribution is -2.44. The molecule has 0 aliphatic heterocycles. The van der Waals surface area contributed by atoms with Crippen LogP contribution in [0.4, 0.5) is 5.69 Å². The van der Waals surface area contributed by atoms with Crippen molar-refractivity contribution < 1.29 is 4.79 Å². The largest absolute Gasteiger partial charge is 0.379 e. The standard InChI is InChI=1S/C23H29N5O.C2H2/c1-4-25-19-10-11-20(23(19,2)3)27-21-17(22(24)29)13-26-28-14-16(12-18(21)28)15-8-6-5-7-9-15;1-2/h5-9,12-14,19-20,25,27H,4,10-11H2,1-3H3,(H2,24,29);1-2H/t19-,20+;/m0./s1. The van der Waals surface area contributed by atoms with Crippen LogP contribution in [-0.2, 0) is 0 Å². The van der Waals surface area contributed by atoms with Crippen molar-refractivity contribution in [2.75, 3.05) is 11.9 Å². The maximum absolute atomic E-state index is 12.2. The van der Waals surface area contributed by atoms with Crippen LogP contribution in [0.15, 0.2) is 48.8 Å². The summed E-state index contributed by atoms with van der Waals surface area (Å²) in [6.45, 7) is 7.65. The zero-order valence-electron chi connectivity index (χ0n) is 18.4. The Morgan fingerprint density at radius 1 is 1.19 bits per heavy atom. The van der Waals surface area contributed by atoms with E-state index in [0.717, 1.165) is 41.7 Å². The van der Waals surface area contributed by atoms with Gasteiger partial charge in [-0.1, -0.05) is 51.1 Å². The van der Waals surface area contributed by atoms with Crippen molar-refractivity contribution in [3.63, 3.8) is 0 Å². The van der Waals surface area contributed by atoms with E-state index in [2.05, 4.69) is 67.5 Å². The molecule has 31 heavy (non-hydrogen) atoms. The van der Waals surface area contributed by atoms with Gasteiger partial charge in [0, 0.05) is 29.3 Å². The first kappa shape index (κ1) is 22.4. The second-order valence-electron chi connectivity index (χ2n) is 8.43. The van der Waals surface area contributed by atoms with E-state index in [-0.39, 0.29) is 11.5 Å². The van der Waals surface area contributed by atoms with Crippen molar-refractivity contribution in [2.24, 2.45) is 11.1 Å². The minimum atomic E-state index is -0.469. The number of aromatic nitrogens is 2. The smallest absolute Gasteiger partial charge is 0.252 e. The molecule has 1 saturated carbocycles. The summed E-state index contributed by atoms with van der Waals surface area (Å²) in [4.78, 5) is 12.2. The quantitative estimate of drug-likeness (QED) is 0.531. The van der Waals surface area contributed by atoms with Crippen molar-refractivity contribution in [1.29, 1.82) is 0 Å². The van der Waals surface area contributed by atoms with Gasteiger partial charge in [-0.2, -0.15) is 5.10 Å². The van der Waals surface area contributed by atoms with Crippen LogP contribution in [-0.4, -0.2) is 34.1 Å². The van der Waals surface area contributed by atoms with E-state index in [1.165, 1.54) is 0 Å². The molecule has 3 aromatic rings. The molecule has 162 valence electrons. The highest BCUT2D eigenvalue weighted by Gasteiger charge is 2.43. The Balaban J connectivity index is 0.00000132. The molecule has 1 amide bonds. The summed E-state index contributed by atoms with van der Waals surface area (Å²) >= 11 is 0. The van der Waals surface area contributed by atoms with Gasteiger partial charge in [-0.3, -0.25) is 4.79 Å². The maximum Gasteiger partial charge on any atom is 0.252 e. The van der Waals surface area contributed by atoms with Crippen LogP contribution in [0, 0.1) is 18.3 Å². The van der Waals surface area contributed by atoms with Gasteiger partial charge in [0.25, 0.3) is 5.91 Å². The lowest BCUT2D eigenvalue weighted by atomic mass is 9.83. The number of nitrogens with one attached hydrogen (secondary N) is 2. The van der Waals surface area contributed by atoms with E-state index in [4.69, 9.17) is 5.73 Å². The predicted octanol–water partition coefficient (Wildman–Crippen LogP) is 3.93. The molecule has 1 aliphatic carbocycles. The number of terminal acetylenes is 1. The van der Waals surface area contributed by atoms with Crippen molar-refractivity contribution in [2.45, 2.75) is 45.7 Å². The first-order valence-electron chi connectivity index (χ1n) is 10.6. The van der Waals surface area contributed by atoms with Gasteiger partial charge in [-0.05, 0) is 31.0 Å². The van der Waals surface area contributed by atoms with Gasteiger partial charge in [0.2, 0.25) is 0 Å². The van der Waals surface area contributed by atoms with Gasteiger partial charge < -0.3 is 16.4 Å². The zero-order chi connectivity index (χ0) is 22.6. The molecule has 0 saturated heterocycles. The molecular weight excluding hydrogens is 386 g/mol. The third-order valence-corrected chi connectivity index (χ3v) is 6.32. The molecule has 2 atom stereocenters. The van der Waals surface area contributed by atoms with Crippen LogP contribution in [0.2, 0.25) is 0 Å². The molecule has 1 aromatic carbocycles. The molecule has 6 heteroatoms. The number of hydrogen-bond donors (Lipinski definition) is 3. The SMILES string of the molecule is C#C.CCN[C@H]1CC[C@@H](Nc2c(C(N)=O)cnn3cc(-c4ccccc4)cc23)C1(C)C. The monoisotopic (exact) mass is 417 g/mol. The van der Waals surface area contributed by atoms with Crippen LogP contribution >= 0.6 is 0 Å². The minimum Gasteiger partial charge on any atom is -0.379 e. The highest BCUT2D eigenvalue weighted by molar-refractivity contribution is 6.02. The fourth-order valence-electron chi connectivity index (χ4n) is 4.55. The van der Waals surface area contributed by atoms with Crippen molar-refractivity contribution in [1.82, 2.24) is 14.9 Å². The number of benzene rings is 1. The Hall–Kier alpha value is -3.30. The fourth-order valence-corrected chi connectivity index (χ4v) is 4.55. The highest BCUT2D eigenvalue weighted by atomic mass is 16.1. The molecule has 2 aromatic heterocycles. The Kier molecular flexibility index (Phi) is 6.67. The summed E-state index contributed by atoms with van der Waals surface area (Å²) in [7, 11) is 0. The summed E-state index contributed by atoms with van der Waals surface area (Å²) in [5.74, 6) is -0.469. The van der Waals surface area contributed by atoms with E-state index in [9.17, 15) is 4.79 Å². The molecule has 6 nitrogen and oxygen atoms in total. The van der Waals surface area contributed by atoms with Crippen molar-refractivity contribution in [3.8, 4) is 24.0 Å². The number of fused-ring (bicyclic) bond motifs is 1. The first-order valence-corrected chi connectivity index (χ1v) is 10.6. The normalized spacial score (nSPS) is 19.5. The average molecular weight is 418 g/mol. The summed E-state index contributed by atoms with van der Waals surface area (Å²) in [5, 5.41) is 11.7. The summed E-state index contributed by atoms with van der Waals surface area (Å²) in [5.41, 5.74) is 9.97. The maximum atomic E-state index is 12.2. The number of rotatable bonds is 6. The lowest BCUT2D eigenvalue weighted by Gasteiger charge is -2.34. The number of amides is 1. The summed E-state index contributed by atoms with van der Waals surface area (Å²) in [6.07, 6.45) is 13.7. The summed E-state index contributed by atoms with van der Waals surface area (Å²) in [6, 6.07) is 12.9. The average Bonchev–Trinajstić information content (AvgIpc) is 3.32. The van der Waals surface area contributed by atoms with E-state index in [1.807, 2.05) is 28.9 Å². The van der Waals surface area contributed by atoms with Gasteiger partial charge in [0.05, 0.1) is 23.0 Å². The molecule has 0 bridgehead atoms. The predicted molar refractivity (Wildman–Crippen MR) is 127 cm³/mol. The van der Waals surface area contributed by atoms with E-state index in [1.54, 1.807) is 6.20 Å². The van der Waals surface area contributed by atoms with Crippen molar-refractivity contribution in [3.05, 3.63) is 54.4 Å². The molecule has 0 radical (unpaired) electrons. The molecule has 2 heterocycles. The van der Waals surface area contributed by atoms with E-state index in [0.29, 0.717) is 11.6 Å². The van der Waals surface area contributed by atoms with E-state index < -0.39 is 5.91 Å². The number of nitrogens with two attached hydrogens (primary N) is 1. The molecule has 4 rings (SSSR count). The third-order valence-electron chi connectivity index (χ3n) is 6.32. The Bertz CT molecular complexity index is 1070. The van der Waals surface area contributed by atoms with Gasteiger partial charge in [-0.15, -0.1) is 12.8 Å². The van der Waals surface area contributed by atoms with Crippen LogP contribution in [0.3, 0.4) is 0 Å². The van der Waals surface area contributed by atoms with Gasteiger partial charge >= 0.3 is 0 Å². The Morgan fingerprint density at radius 2 is 1.87 bits per heavy atom. The zero-order valence-corrected chi connectivity index (χ0v) is 18.4. The number of hydrogen-bond acceptors (Lipinski definition) is 4. The molecule has 0 spiro atoms. The van der Waals surface area contributed by atoms with Crippen LogP contribution in [0.5, 0.6) is 0 Å². The van der Waals surface area contributed by atoms with E-state index >= 15 is 0 Å². The number of carbonyl (C=O) groups excluding carboxylic acids is 1. The van der Waals surface area contributed by atoms with Gasteiger partial charge in [-0.25, -0.2) is 4.52 Å². The van der Waals surface area contributed by atoms with Crippen LogP contribution in [0.25, 0.3) is 16.6 Å². The number of carbonyl (C=O) groups is 1. The van der Waals surface area contributed by atoms with Gasteiger partial charge in [0.15, 0.2) is 0 Å². The second-order valence-corrected chi connectivity index (χ2v) is 8.43. The number of nitrogens with zero attached hydrogens (tertiary/aromatic N) is 2. The Morgan fingerprint density at radius 3 is 2.52 bits per heavy atom. The summed E-state index contributed by atoms with van der Waals surface area (Å²) < 4.78 is 1.82. The molecular formula is C25H31N5O. The molecule has 0 unspecified atom stereocenters. The van der Waals surface area contributed by atoms with Crippen LogP contribution in [0.1, 0.15) is 44.0 Å². The number of primary amides is 1. The van der Waals surface area contributed by atoms with Crippen LogP contribution < -0.4 is 16.4 Å². The molecule has 1 fully saturated rings. The topological polar surface area (TPSA) is 84.5 Å². The van der Waals surface area contributed by atoms with Crippen molar-refractivity contribution >= 4 is 17.1 Å². The molecule has 4 N–H and O–H groups in total. The second kappa shape index (κ2) is 9.23.